The van der Waals surface area contributed by atoms with Crippen molar-refractivity contribution in [2.45, 2.75) is 0 Å². The molecule has 0 saturated carbocycles. The number of thiazole rings is 1. The van der Waals surface area contributed by atoms with Gasteiger partial charge in [-0.25, -0.2) is 10.4 Å². The summed E-state index contributed by atoms with van der Waals surface area (Å²) >= 11 is 5.03. The summed E-state index contributed by atoms with van der Waals surface area (Å²) in [5.41, 5.74) is 4.85. The number of hydrogen-bond donors (Lipinski definition) is 2. The van der Waals surface area contributed by atoms with Crippen molar-refractivity contribution in [3.8, 4) is 0 Å². The van der Waals surface area contributed by atoms with Crippen LogP contribution in [0.15, 0.2) is 34.8 Å². The van der Waals surface area contributed by atoms with Gasteiger partial charge in [0.15, 0.2) is 5.71 Å². The summed E-state index contributed by atoms with van der Waals surface area (Å²) in [6.45, 7) is 0. The summed E-state index contributed by atoms with van der Waals surface area (Å²) in [5, 5.41) is 13.8. The Balaban J connectivity index is 1.84. The van der Waals surface area contributed by atoms with Crippen LogP contribution < -0.4 is 5.43 Å². The van der Waals surface area contributed by atoms with Gasteiger partial charge in [-0.05, 0) is 12.1 Å². The number of aromatic nitrogens is 4. The molecule has 0 aliphatic carbocycles. The van der Waals surface area contributed by atoms with E-state index in [1.54, 1.807) is 5.38 Å². The van der Waals surface area contributed by atoms with Crippen molar-refractivity contribution in [2.75, 3.05) is 12.5 Å². The normalized spacial score (nSPS) is 11.6. The number of rotatable bonds is 5. The van der Waals surface area contributed by atoms with Gasteiger partial charge in [-0.15, -0.1) is 21.5 Å². The third kappa shape index (κ3) is 2.92. The zero-order chi connectivity index (χ0) is 15.5. The monoisotopic (exact) mass is 334 g/mol. The Morgan fingerprint density at radius 3 is 2.64 bits per heavy atom. The summed E-state index contributed by atoms with van der Waals surface area (Å²) in [4.78, 5) is 21.6. The van der Waals surface area contributed by atoms with Crippen molar-refractivity contribution in [2.24, 2.45) is 5.16 Å². The van der Waals surface area contributed by atoms with Crippen LogP contribution in [0.3, 0.4) is 0 Å². The second-order valence-electron chi connectivity index (χ2n) is 4.06. The van der Waals surface area contributed by atoms with Crippen molar-refractivity contribution in [3.63, 3.8) is 0 Å². The molecule has 0 radical (unpaired) electrons. The van der Waals surface area contributed by atoms with Gasteiger partial charge >= 0.3 is 0 Å². The van der Waals surface area contributed by atoms with Crippen molar-refractivity contribution >= 4 is 51.0 Å². The highest BCUT2D eigenvalue weighted by Crippen LogP contribution is 2.17. The molecule has 0 amide bonds. The molecular formula is C12H10N6O2S2. The van der Waals surface area contributed by atoms with Crippen LogP contribution in [0.25, 0.3) is 11.0 Å². The van der Waals surface area contributed by atoms with E-state index in [0.717, 1.165) is 11.0 Å². The van der Waals surface area contributed by atoms with E-state index in [1.165, 1.54) is 23.4 Å². The smallest absolute Gasteiger partial charge is 0.240 e. The number of fused-ring (bicyclic) bond motifs is 1. The first-order valence-corrected chi connectivity index (χ1v) is 7.39. The molecule has 0 saturated heterocycles. The number of carbonyl (C=O) groups excluding carboxylic acids is 1. The van der Waals surface area contributed by atoms with Crippen LogP contribution in [0.4, 0.5) is 5.13 Å². The zero-order valence-electron chi connectivity index (χ0n) is 11.3. The van der Waals surface area contributed by atoms with Gasteiger partial charge in [-0.3, -0.25) is 4.79 Å². The lowest BCUT2D eigenvalue weighted by atomic mass is 10.3. The van der Waals surface area contributed by atoms with Gasteiger partial charge in [0, 0.05) is 5.38 Å². The van der Waals surface area contributed by atoms with Gasteiger partial charge < -0.3 is 4.84 Å². The molecule has 0 atom stereocenters. The van der Waals surface area contributed by atoms with Gasteiger partial charge in [0.25, 0.3) is 0 Å². The zero-order valence-corrected chi connectivity index (χ0v) is 13.0. The molecule has 1 aromatic carbocycles. The Kier molecular flexibility index (Phi) is 4.02. The predicted octanol–water partition coefficient (Wildman–Crippen LogP) is 1.57. The van der Waals surface area contributed by atoms with Crippen molar-refractivity contribution < 1.29 is 9.63 Å². The van der Waals surface area contributed by atoms with Gasteiger partial charge in [0.05, 0.1) is 0 Å². The molecule has 2 aromatic heterocycles. The fraction of sp³-hybridized carbons (Fsp3) is 0.0833. The molecule has 10 heteroatoms. The molecule has 3 rings (SSSR count). The Morgan fingerprint density at radius 1 is 1.36 bits per heavy atom. The predicted molar refractivity (Wildman–Crippen MR) is 86.2 cm³/mol. The minimum Gasteiger partial charge on any atom is -0.398 e. The minimum absolute atomic E-state index is 0.0359. The quantitative estimate of drug-likeness (QED) is 0.418. The summed E-state index contributed by atoms with van der Waals surface area (Å²) in [7, 11) is 1.35. The fourth-order valence-electron chi connectivity index (χ4n) is 1.72. The number of oxime groups is 1. The van der Waals surface area contributed by atoms with Crippen LogP contribution in [0.2, 0.25) is 0 Å². The van der Waals surface area contributed by atoms with Crippen LogP contribution >= 0.6 is 24.0 Å². The van der Waals surface area contributed by atoms with E-state index in [2.05, 4.69) is 43.2 Å². The Bertz CT molecular complexity index is 823. The SMILES string of the molecule is CO/N=C(\C(=O)S)c1csc(Nn2nc3ccccc3n2)n1. The molecule has 0 spiro atoms. The third-order valence-electron chi connectivity index (χ3n) is 2.61. The molecule has 0 bridgehead atoms. The lowest BCUT2D eigenvalue weighted by molar-refractivity contribution is -0.105. The highest BCUT2D eigenvalue weighted by atomic mass is 32.1. The number of benzene rings is 1. The molecule has 8 nitrogen and oxygen atoms in total. The summed E-state index contributed by atoms with van der Waals surface area (Å²) in [5.74, 6) is 0. The van der Waals surface area contributed by atoms with E-state index in [4.69, 9.17) is 0 Å². The summed E-state index contributed by atoms with van der Waals surface area (Å²) in [6, 6.07) is 7.48. The van der Waals surface area contributed by atoms with E-state index in [-0.39, 0.29) is 5.71 Å². The van der Waals surface area contributed by atoms with Gasteiger partial charge in [-0.2, -0.15) is 0 Å². The number of hydrogen-bond acceptors (Lipinski definition) is 8. The van der Waals surface area contributed by atoms with Crippen LogP contribution in [-0.4, -0.2) is 38.0 Å². The van der Waals surface area contributed by atoms with Crippen molar-refractivity contribution in [1.29, 1.82) is 0 Å². The Morgan fingerprint density at radius 2 is 2.05 bits per heavy atom. The second-order valence-corrected chi connectivity index (χ2v) is 5.32. The van der Waals surface area contributed by atoms with Crippen LogP contribution in [0.1, 0.15) is 5.69 Å². The van der Waals surface area contributed by atoms with E-state index in [0.29, 0.717) is 10.8 Å². The molecule has 0 aliphatic heterocycles. The van der Waals surface area contributed by atoms with Crippen molar-refractivity contribution in [3.05, 3.63) is 35.3 Å². The van der Waals surface area contributed by atoms with Crippen molar-refractivity contribution in [1.82, 2.24) is 20.1 Å². The molecule has 0 fully saturated rings. The Hall–Kier alpha value is -2.46. The lowest BCUT2D eigenvalue weighted by Crippen LogP contribution is -2.14. The second kappa shape index (κ2) is 6.12. The maximum atomic E-state index is 11.4. The number of carbonyl (C=O) groups is 1. The average molecular weight is 334 g/mol. The first-order valence-electron chi connectivity index (χ1n) is 6.07. The minimum atomic E-state index is -0.526. The average Bonchev–Trinajstić information content (AvgIpc) is 3.10. The third-order valence-corrected chi connectivity index (χ3v) is 3.57. The molecule has 0 unspecified atom stereocenters. The van der Waals surface area contributed by atoms with E-state index in [1.807, 2.05) is 24.3 Å². The van der Waals surface area contributed by atoms with Gasteiger partial charge in [-0.1, -0.05) is 34.8 Å². The molecule has 3 aromatic rings. The number of nitrogens with one attached hydrogen (secondary N) is 1. The highest BCUT2D eigenvalue weighted by Gasteiger charge is 2.16. The first-order chi connectivity index (χ1) is 10.7. The van der Waals surface area contributed by atoms with Gasteiger partial charge in [0.2, 0.25) is 10.2 Å². The molecule has 0 aliphatic rings. The van der Waals surface area contributed by atoms with E-state index < -0.39 is 5.12 Å². The Labute approximate surface area is 134 Å². The summed E-state index contributed by atoms with van der Waals surface area (Å²) < 4.78 is 0. The molecular weight excluding hydrogens is 324 g/mol. The number of anilines is 1. The summed E-state index contributed by atoms with van der Waals surface area (Å²) in [6.07, 6.45) is 0. The first kappa shape index (κ1) is 14.5. The standard InChI is InChI=1S/C12H10N6O2S2/c1-20-17-10(11(19)21)9-6-22-12(13-9)16-18-14-7-4-2-3-5-8(7)15-18/h2-6H,1H3,(H,13,16)(H,19,21)/b17-10-. The molecule has 22 heavy (non-hydrogen) atoms. The van der Waals surface area contributed by atoms with Gasteiger partial charge in [0.1, 0.15) is 23.8 Å². The maximum absolute atomic E-state index is 11.4. The van der Waals surface area contributed by atoms with E-state index >= 15 is 0 Å². The van der Waals surface area contributed by atoms with Crippen LogP contribution in [-0.2, 0) is 9.63 Å². The lowest BCUT2D eigenvalue weighted by Gasteiger charge is -1.98. The number of nitrogens with zero attached hydrogens (tertiary/aromatic N) is 5. The topological polar surface area (TPSA) is 94.3 Å². The van der Waals surface area contributed by atoms with Crippen LogP contribution in [0.5, 0.6) is 0 Å². The highest BCUT2D eigenvalue weighted by molar-refractivity contribution is 7.99. The fourth-order valence-corrected chi connectivity index (χ4v) is 2.54. The molecule has 2 heterocycles. The maximum Gasteiger partial charge on any atom is 0.240 e. The van der Waals surface area contributed by atoms with E-state index in [9.17, 15) is 4.79 Å². The van der Waals surface area contributed by atoms with Crippen LogP contribution in [0, 0.1) is 0 Å². The molecule has 1 N–H and O–H groups in total. The number of thiol groups is 1. The molecule has 112 valence electrons. The largest absolute Gasteiger partial charge is 0.398 e.